The minimum Gasteiger partial charge on any atom is -0.494 e. The highest BCUT2D eigenvalue weighted by Crippen LogP contribution is 2.39. The largest absolute Gasteiger partial charge is 0.494 e. The van der Waals surface area contributed by atoms with Gasteiger partial charge in [0.15, 0.2) is 17.9 Å². The van der Waals surface area contributed by atoms with E-state index in [0.717, 1.165) is 23.5 Å². The molecular formula is C26H27FN8O2. The first-order valence-corrected chi connectivity index (χ1v) is 11.9. The van der Waals surface area contributed by atoms with Crippen LogP contribution in [0.15, 0.2) is 61.4 Å². The van der Waals surface area contributed by atoms with Crippen LogP contribution in [0.3, 0.4) is 0 Å². The maximum absolute atomic E-state index is 14.1. The van der Waals surface area contributed by atoms with Crippen LogP contribution in [-0.4, -0.2) is 54.6 Å². The number of tetrazole rings is 1. The van der Waals surface area contributed by atoms with Gasteiger partial charge in [0.25, 0.3) is 0 Å². The van der Waals surface area contributed by atoms with E-state index in [1.165, 1.54) is 36.5 Å². The Morgan fingerprint density at radius 2 is 2.03 bits per heavy atom. The molecule has 0 unspecified atom stereocenters. The number of aromatic nitrogens is 7. The van der Waals surface area contributed by atoms with Gasteiger partial charge in [-0.2, -0.15) is 0 Å². The Morgan fingerprint density at radius 3 is 2.70 bits per heavy atom. The van der Waals surface area contributed by atoms with Crippen LogP contribution < -0.4 is 10.1 Å². The standard InChI is InChI=1S/C16H15N3O.C10H12FN5O/c20-11-12-5-6-18(7-12)9-15-10-19-8-14(13-1-2-13)3-4-16(19)17-15;1-12-5-7-8(16-6-13-14-15-16)3-4-9(17-2)10(7)11/h3-8,10-11,13H,1-2,9H2;3-4,6,12H,5H2,1-2H3. The van der Waals surface area contributed by atoms with Crippen molar-refractivity contribution in [2.75, 3.05) is 14.2 Å². The van der Waals surface area contributed by atoms with Gasteiger partial charge < -0.3 is 19.0 Å². The fourth-order valence-corrected chi connectivity index (χ4v) is 4.19. The van der Waals surface area contributed by atoms with E-state index >= 15 is 0 Å². The summed E-state index contributed by atoms with van der Waals surface area (Å²) in [4.78, 5) is 15.3. The highest BCUT2D eigenvalue weighted by atomic mass is 19.1. The van der Waals surface area contributed by atoms with Gasteiger partial charge in [0.05, 0.1) is 25.0 Å². The van der Waals surface area contributed by atoms with Crippen LogP contribution in [0.1, 0.15) is 45.9 Å². The molecule has 0 amide bonds. The number of rotatable bonds is 8. The van der Waals surface area contributed by atoms with Crippen LogP contribution in [0.25, 0.3) is 11.3 Å². The molecule has 6 rings (SSSR count). The lowest BCUT2D eigenvalue weighted by Gasteiger charge is -2.12. The number of methoxy groups -OCH3 is 1. The lowest BCUT2D eigenvalue weighted by atomic mass is 10.1. The van der Waals surface area contributed by atoms with Gasteiger partial charge in [-0.15, -0.1) is 5.10 Å². The molecule has 0 bridgehead atoms. The van der Waals surface area contributed by atoms with Crippen LogP contribution >= 0.6 is 0 Å². The lowest BCUT2D eigenvalue weighted by Crippen LogP contribution is -2.12. The van der Waals surface area contributed by atoms with Crippen molar-refractivity contribution in [3.63, 3.8) is 0 Å². The van der Waals surface area contributed by atoms with E-state index in [-0.39, 0.29) is 5.75 Å². The molecule has 1 saturated carbocycles. The number of hydrogen-bond acceptors (Lipinski definition) is 7. The Balaban J connectivity index is 0.000000154. The summed E-state index contributed by atoms with van der Waals surface area (Å²) in [5.41, 5.74) is 5.13. The smallest absolute Gasteiger partial charge is 0.171 e. The quantitative estimate of drug-likeness (QED) is 0.324. The Kier molecular flexibility index (Phi) is 7.04. The van der Waals surface area contributed by atoms with E-state index in [0.29, 0.717) is 29.9 Å². The number of ether oxygens (including phenoxy) is 1. The van der Waals surface area contributed by atoms with E-state index in [2.05, 4.69) is 54.8 Å². The number of nitrogens with one attached hydrogen (secondary N) is 1. The number of carbonyl (C=O) groups is 1. The van der Waals surface area contributed by atoms with Crippen molar-refractivity contribution >= 4 is 11.9 Å². The van der Waals surface area contributed by atoms with Gasteiger partial charge in [-0.25, -0.2) is 14.1 Å². The highest BCUT2D eigenvalue weighted by Gasteiger charge is 2.23. The Labute approximate surface area is 212 Å². The van der Waals surface area contributed by atoms with Crippen LogP contribution in [0.5, 0.6) is 5.75 Å². The SMILES string of the molecule is CNCc1c(-n2cnnn2)ccc(OC)c1F.O=Cc1ccn(Cc2cn3cc(C4CC4)ccc3n2)c1. The summed E-state index contributed by atoms with van der Waals surface area (Å²) in [6, 6.07) is 9.35. The van der Waals surface area contributed by atoms with Gasteiger partial charge >= 0.3 is 0 Å². The molecule has 5 aromatic rings. The third-order valence-corrected chi connectivity index (χ3v) is 6.18. The fraction of sp³-hybridized carbons (Fsp3) is 0.269. The molecule has 190 valence electrons. The molecule has 10 nitrogen and oxygen atoms in total. The van der Waals surface area contributed by atoms with Gasteiger partial charge in [0.1, 0.15) is 12.0 Å². The number of halogens is 1. The van der Waals surface area contributed by atoms with Crippen molar-refractivity contribution in [3.05, 3.63) is 89.6 Å². The van der Waals surface area contributed by atoms with Crippen LogP contribution in [0.4, 0.5) is 4.39 Å². The lowest BCUT2D eigenvalue weighted by molar-refractivity contribution is 0.112. The molecule has 1 N–H and O–H groups in total. The molecule has 0 aliphatic heterocycles. The molecule has 4 heterocycles. The van der Waals surface area contributed by atoms with Gasteiger partial charge in [-0.1, -0.05) is 6.07 Å². The van der Waals surface area contributed by atoms with Crippen LogP contribution in [0, 0.1) is 5.82 Å². The van der Waals surface area contributed by atoms with Crippen molar-refractivity contribution in [2.45, 2.75) is 31.8 Å². The Hall–Kier alpha value is -4.38. The van der Waals surface area contributed by atoms with E-state index < -0.39 is 5.82 Å². The van der Waals surface area contributed by atoms with Gasteiger partial charge in [-0.05, 0) is 66.1 Å². The first-order valence-electron chi connectivity index (χ1n) is 11.9. The first kappa shape index (κ1) is 24.3. The van der Waals surface area contributed by atoms with Crippen molar-refractivity contribution in [1.29, 1.82) is 0 Å². The van der Waals surface area contributed by atoms with Gasteiger partial charge in [0, 0.05) is 42.5 Å². The van der Waals surface area contributed by atoms with Gasteiger partial charge in [-0.3, -0.25) is 4.79 Å². The van der Waals surface area contributed by atoms with E-state index in [1.807, 2.05) is 23.0 Å². The summed E-state index contributed by atoms with van der Waals surface area (Å²) in [5.74, 6) is 0.548. The van der Waals surface area contributed by atoms with Crippen molar-refractivity contribution < 1.29 is 13.9 Å². The molecule has 0 saturated heterocycles. The van der Waals surface area contributed by atoms with Crippen molar-refractivity contribution in [1.82, 2.24) is 39.5 Å². The molecular weight excluding hydrogens is 475 g/mol. The van der Waals surface area contributed by atoms with Crippen molar-refractivity contribution in [3.8, 4) is 11.4 Å². The molecule has 1 fully saturated rings. The molecule has 1 aromatic carbocycles. The minimum absolute atomic E-state index is 0.201. The highest BCUT2D eigenvalue weighted by molar-refractivity contribution is 5.74. The Morgan fingerprint density at radius 1 is 1.16 bits per heavy atom. The van der Waals surface area contributed by atoms with Crippen molar-refractivity contribution in [2.24, 2.45) is 0 Å². The molecule has 4 aromatic heterocycles. The molecule has 0 spiro atoms. The second-order valence-corrected chi connectivity index (χ2v) is 8.83. The van der Waals surface area contributed by atoms with Gasteiger partial charge in [0.2, 0.25) is 0 Å². The Bertz CT molecular complexity index is 1500. The average Bonchev–Trinajstić information content (AvgIpc) is 3.28. The zero-order valence-corrected chi connectivity index (χ0v) is 20.6. The number of hydrogen-bond donors (Lipinski definition) is 1. The molecule has 0 atom stereocenters. The maximum Gasteiger partial charge on any atom is 0.171 e. The summed E-state index contributed by atoms with van der Waals surface area (Å²) < 4.78 is 24.5. The zero-order valence-electron chi connectivity index (χ0n) is 20.6. The summed E-state index contributed by atoms with van der Waals surface area (Å²) in [6.45, 7) is 1.05. The number of carbonyl (C=O) groups excluding carboxylic acids is 1. The predicted molar refractivity (Wildman–Crippen MR) is 135 cm³/mol. The monoisotopic (exact) mass is 502 g/mol. The van der Waals surface area contributed by atoms with Crippen LogP contribution in [0.2, 0.25) is 0 Å². The number of pyridine rings is 1. The molecule has 1 aliphatic rings. The summed E-state index contributed by atoms with van der Waals surface area (Å²) in [6.07, 6.45) is 12.9. The number of aldehydes is 1. The summed E-state index contributed by atoms with van der Waals surface area (Å²) >= 11 is 0. The topological polar surface area (TPSA) is 104 Å². The number of imidazole rings is 1. The summed E-state index contributed by atoms with van der Waals surface area (Å²) in [5, 5.41) is 13.7. The minimum atomic E-state index is -0.408. The zero-order chi connectivity index (χ0) is 25.8. The molecule has 37 heavy (non-hydrogen) atoms. The second-order valence-electron chi connectivity index (χ2n) is 8.83. The molecule has 0 radical (unpaired) electrons. The average molecular weight is 503 g/mol. The number of benzene rings is 1. The third-order valence-electron chi connectivity index (χ3n) is 6.18. The normalized spacial score (nSPS) is 12.8. The molecule has 11 heteroatoms. The fourth-order valence-electron chi connectivity index (χ4n) is 4.19. The summed E-state index contributed by atoms with van der Waals surface area (Å²) in [7, 11) is 3.17. The second kappa shape index (κ2) is 10.7. The number of nitrogens with zero attached hydrogens (tertiary/aromatic N) is 7. The predicted octanol–water partition coefficient (Wildman–Crippen LogP) is 3.40. The maximum atomic E-state index is 14.1. The van der Waals surface area contributed by atoms with E-state index in [9.17, 15) is 9.18 Å². The van der Waals surface area contributed by atoms with E-state index in [4.69, 9.17) is 4.74 Å². The van der Waals surface area contributed by atoms with Crippen LogP contribution in [-0.2, 0) is 13.1 Å². The van der Waals surface area contributed by atoms with E-state index in [1.54, 1.807) is 19.2 Å². The molecule has 1 aliphatic carbocycles. The third kappa shape index (κ3) is 5.41. The number of fused-ring (bicyclic) bond motifs is 1. The first-order chi connectivity index (χ1) is 18.1.